The van der Waals surface area contributed by atoms with E-state index in [0.717, 1.165) is 12.8 Å². The van der Waals surface area contributed by atoms with Crippen molar-refractivity contribution in [3.05, 3.63) is 0 Å². The summed E-state index contributed by atoms with van der Waals surface area (Å²) < 4.78 is 0. The lowest BCUT2D eigenvalue weighted by molar-refractivity contribution is 0.140. The third kappa shape index (κ3) is 6.33. The van der Waals surface area contributed by atoms with Gasteiger partial charge < -0.3 is 10.2 Å². The highest BCUT2D eigenvalue weighted by Crippen LogP contribution is 2.04. The lowest BCUT2D eigenvalue weighted by atomic mass is 10.1. The topological polar surface area (TPSA) is 40.5 Å². The van der Waals surface area contributed by atoms with Gasteiger partial charge in [-0.3, -0.25) is 0 Å². The normalized spacial score (nSPS) is 13.5. The summed E-state index contributed by atoms with van der Waals surface area (Å²) in [5, 5.41) is 17.5. The molecule has 10 heavy (non-hydrogen) atoms. The van der Waals surface area contributed by atoms with Crippen LogP contribution in [0, 0.1) is 0 Å². The average Bonchev–Trinajstić information content (AvgIpc) is 1.97. The average molecular weight is 167 g/mol. The van der Waals surface area contributed by atoms with Crippen molar-refractivity contribution in [2.24, 2.45) is 0 Å². The molecule has 0 heterocycles. The van der Waals surface area contributed by atoms with Crippen molar-refractivity contribution in [2.75, 3.05) is 12.5 Å². The van der Waals surface area contributed by atoms with Crippen molar-refractivity contribution < 1.29 is 10.2 Å². The van der Waals surface area contributed by atoms with E-state index in [1.54, 1.807) is 0 Å². The Balaban J connectivity index is 3.00. The van der Waals surface area contributed by atoms with Crippen LogP contribution in [0.1, 0.15) is 25.7 Å². The molecule has 0 aliphatic rings. The Kier molecular flexibility index (Phi) is 7.47. The molecule has 0 bridgehead atoms. The molecule has 0 radical (unpaired) electrons. The zero-order chi connectivity index (χ0) is 7.82. The van der Waals surface area contributed by atoms with Gasteiger partial charge in [0, 0.05) is 12.5 Å². The number of hydrogen-bond acceptors (Lipinski definition) is 2. The number of rotatable bonds is 6. The molecule has 0 saturated heterocycles. The predicted molar refractivity (Wildman–Crippen MR) is 42.3 cm³/mol. The first-order chi connectivity index (χ1) is 4.81. The van der Waals surface area contributed by atoms with E-state index >= 15 is 0 Å². The summed E-state index contributed by atoms with van der Waals surface area (Å²) in [7, 11) is 0. The van der Waals surface area contributed by atoms with Crippen LogP contribution in [0.3, 0.4) is 0 Å². The fourth-order valence-corrected chi connectivity index (χ4v) is 0.938. The lowest BCUT2D eigenvalue weighted by Gasteiger charge is -2.06. The van der Waals surface area contributed by atoms with Gasteiger partial charge in [0.15, 0.2) is 0 Å². The van der Waals surface area contributed by atoms with Crippen molar-refractivity contribution in [1.82, 2.24) is 0 Å². The van der Waals surface area contributed by atoms with E-state index < -0.39 is 0 Å². The molecular weight excluding hydrogens is 152 g/mol. The molecular formula is C7H15ClO2. The van der Waals surface area contributed by atoms with Gasteiger partial charge >= 0.3 is 0 Å². The van der Waals surface area contributed by atoms with Crippen LogP contribution in [0.15, 0.2) is 0 Å². The maximum absolute atomic E-state index is 9.14. The van der Waals surface area contributed by atoms with Crippen molar-refractivity contribution >= 4 is 11.6 Å². The Morgan fingerprint density at radius 1 is 1.20 bits per heavy atom. The summed E-state index contributed by atoms with van der Waals surface area (Å²) in [4.78, 5) is 0. The molecule has 0 aromatic rings. The Morgan fingerprint density at radius 3 is 2.30 bits per heavy atom. The third-order valence-corrected chi connectivity index (χ3v) is 1.63. The molecule has 0 fully saturated rings. The third-order valence-electron chi connectivity index (χ3n) is 1.37. The lowest BCUT2D eigenvalue weighted by Crippen LogP contribution is -2.07. The van der Waals surface area contributed by atoms with Gasteiger partial charge in [0.25, 0.3) is 0 Å². The summed E-state index contributed by atoms with van der Waals surface area (Å²) in [5.41, 5.74) is 0. The number of hydrogen-bond donors (Lipinski definition) is 2. The molecule has 0 aliphatic heterocycles. The molecule has 0 aromatic heterocycles. The fourth-order valence-electron chi connectivity index (χ4n) is 0.784. The Bertz CT molecular complexity index is 60.6. The van der Waals surface area contributed by atoms with E-state index in [1.165, 1.54) is 0 Å². The minimum absolute atomic E-state index is 0.165. The maximum atomic E-state index is 9.14. The van der Waals surface area contributed by atoms with Crippen LogP contribution in [0.25, 0.3) is 0 Å². The second-order valence-corrected chi connectivity index (χ2v) is 2.73. The Hall–Kier alpha value is 0.210. The van der Waals surface area contributed by atoms with Crippen LogP contribution in [0.2, 0.25) is 0 Å². The van der Waals surface area contributed by atoms with Crippen LogP contribution in [-0.2, 0) is 0 Å². The summed E-state index contributed by atoms with van der Waals surface area (Å²) in [5.74, 6) is 0.607. The van der Waals surface area contributed by atoms with E-state index in [-0.39, 0.29) is 12.7 Å². The minimum Gasteiger partial charge on any atom is -0.396 e. The zero-order valence-corrected chi connectivity index (χ0v) is 6.85. The van der Waals surface area contributed by atoms with Crippen LogP contribution in [0.4, 0.5) is 0 Å². The maximum Gasteiger partial charge on any atom is 0.0541 e. The van der Waals surface area contributed by atoms with Crippen LogP contribution in [-0.4, -0.2) is 28.8 Å². The first-order valence-corrected chi connectivity index (χ1v) is 4.19. The number of halogens is 1. The second kappa shape index (κ2) is 7.32. The van der Waals surface area contributed by atoms with E-state index in [9.17, 15) is 0 Å². The fraction of sp³-hybridized carbons (Fsp3) is 1.00. The van der Waals surface area contributed by atoms with Crippen LogP contribution < -0.4 is 0 Å². The van der Waals surface area contributed by atoms with Gasteiger partial charge in [-0.15, -0.1) is 11.6 Å². The molecule has 0 spiro atoms. The zero-order valence-electron chi connectivity index (χ0n) is 6.09. The molecule has 2 nitrogen and oxygen atoms in total. The summed E-state index contributed by atoms with van der Waals surface area (Å²) in [6, 6.07) is 0. The molecule has 0 saturated carbocycles. The summed E-state index contributed by atoms with van der Waals surface area (Å²) >= 11 is 5.42. The van der Waals surface area contributed by atoms with Crippen molar-refractivity contribution in [1.29, 1.82) is 0 Å². The van der Waals surface area contributed by atoms with E-state index in [2.05, 4.69) is 0 Å². The molecule has 0 aromatic carbocycles. The van der Waals surface area contributed by atoms with Gasteiger partial charge in [0.05, 0.1) is 6.10 Å². The van der Waals surface area contributed by atoms with Gasteiger partial charge in [-0.2, -0.15) is 0 Å². The first-order valence-electron chi connectivity index (χ1n) is 3.66. The Labute approximate surface area is 66.8 Å². The smallest absolute Gasteiger partial charge is 0.0541 e. The highest BCUT2D eigenvalue weighted by Gasteiger charge is 2.01. The highest BCUT2D eigenvalue weighted by molar-refractivity contribution is 6.17. The molecule has 0 aliphatic carbocycles. The highest BCUT2D eigenvalue weighted by atomic mass is 35.5. The van der Waals surface area contributed by atoms with Gasteiger partial charge in [-0.25, -0.2) is 0 Å². The SMILES string of the molecule is OCCCC(O)CCCCl. The monoisotopic (exact) mass is 166 g/mol. The van der Waals surface area contributed by atoms with Crippen molar-refractivity contribution in [2.45, 2.75) is 31.8 Å². The van der Waals surface area contributed by atoms with E-state index in [4.69, 9.17) is 21.8 Å². The number of aliphatic hydroxyl groups is 2. The standard InChI is InChI=1S/C7H15ClO2/c8-5-1-3-7(10)4-2-6-9/h7,9-10H,1-6H2. The second-order valence-electron chi connectivity index (χ2n) is 2.35. The first kappa shape index (κ1) is 10.2. The van der Waals surface area contributed by atoms with E-state index in [1.807, 2.05) is 0 Å². The van der Waals surface area contributed by atoms with Crippen LogP contribution >= 0.6 is 11.6 Å². The van der Waals surface area contributed by atoms with Gasteiger partial charge in [-0.1, -0.05) is 0 Å². The summed E-state index contributed by atoms with van der Waals surface area (Å²) in [6.07, 6.45) is 2.71. The van der Waals surface area contributed by atoms with Crippen molar-refractivity contribution in [3.8, 4) is 0 Å². The number of aliphatic hydroxyl groups excluding tert-OH is 2. The largest absolute Gasteiger partial charge is 0.396 e. The summed E-state index contributed by atoms with van der Waals surface area (Å²) in [6.45, 7) is 0.165. The van der Waals surface area contributed by atoms with Gasteiger partial charge in [-0.05, 0) is 25.7 Å². The molecule has 2 N–H and O–H groups in total. The predicted octanol–water partition coefficient (Wildman–Crippen LogP) is 1.14. The molecule has 1 atom stereocenters. The molecule has 62 valence electrons. The minimum atomic E-state index is -0.272. The molecule has 1 unspecified atom stereocenters. The van der Waals surface area contributed by atoms with Gasteiger partial charge in [0.1, 0.15) is 0 Å². The molecule has 0 rings (SSSR count). The Morgan fingerprint density at radius 2 is 1.80 bits per heavy atom. The van der Waals surface area contributed by atoms with Crippen LogP contribution in [0.5, 0.6) is 0 Å². The van der Waals surface area contributed by atoms with Crippen molar-refractivity contribution in [3.63, 3.8) is 0 Å². The number of alkyl halides is 1. The molecule has 0 amide bonds. The van der Waals surface area contributed by atoms with Gasteiger partial charge in [0.2, 0.25) is 0 Å². The quantitative estimate of drug-likeness (QED) is 0.581. The molecule has 3 heteroatoms. The van der Waals surface area contributed by atoms with E-state index in [0.29, 0.717) is 18.7 Å².